The average molecular weight is 233 g/mol. The lowest BCUT2D eigenvalue weighted by Gasteiger charge is -2.10. The molecule has 0 fully saturated rings. The van der Waals surface area contributed by atoms with E-state index < -0.39 is 0 Å². The van der Waals surface area contributed by atoms with Crippen molar-refractivity contribution < 1.29 is 9.13 Å². The summed E-state index contributed by atoms with van der Waals surface area (Å²) >= 11 is 0. The Kier molecular flexibility index (Phi) is 2.91. The van der Waals surface area contributed by atoms with Gasteiger partial charge in [-0.05, 0) is 24.6 Å². The number of aromatic nitrogens is 2. The Balaban J connectivity index is 2.63. The third-order valence-corrected chi connectivity index (χ3v) is 2.41. The number of hydrogen-bond acceptors (Lipinski definition) is 4. The zero-order valence-corrected chi connectivity index (χ0v) is 9.57. The van der Waals surface area contributed by atoms with Gasteiger partial charge in [0.25, 0.3) is 0 Å². The van der Waals surface area contributed by atoms with E-state index in [4.69, 9.17) is 10.5 Å². The molecule has 0 spiro atoms. The second-order valence-electron chi connectivity index (χ2n) is 3.60. The minimum Gasteiger partial charge on any atom is -0.496 e. The highest BCUT2D eigenvalue weighted by atomic mass is 19.1. The predicted molar refractivity (Wildman–Crippen MR) is 63.1 cm³/mol. The first kappa shape index (κ1) is 11.3. The molecule has 17 heavy (non-hydrogen) atoms. The summed E-state index contributed by atoms with van der Waals surface area (Å²) in [5, 5.41) is 0. The van der Waals surface area contributed by atoms with Crippen molar-refractivity contribution in [1.82, 2.24) is 9.97 Å². The number of halogens is 1. The SMILES string of the molecule is COc1cc(F)ccc1-c1nc(N)ncc1C. The molecular formula is C12H12FN3O. The Bertz CT molecular complexity index is 557. The number of rotatable bonds is 2. The van der Waals surface area contributed by atoms with Crippen LogP contribution >= 0.6 is 0 Å². The van der Waals surface area contributed by atoms with Gasteiger partial charge in [0, 0.05) is 17.8 Å². The van der Waals surface area contributed by atoms with Crippen LogP contribution in [0, 0.1) is 12.7 Å². The number of nitrogen functional groups attached to an aromatic ring is 1. The minimum absolute atomic E-state index is 0.178. The minimum atomic E-state index is -0.356. The molecule has 0 unspecified atom stereocenters. The van der Waals surface area contributed by atoms with Crippen LogP contribution in [0.1, 0.15) is 5.56 Å². The molecule has 5 heteroatoms. The highest BCUT2D eigenvalue weighted by Crippen LogP contribution is 2.31. The van der Waals surface area contributed by atoms with Crippen molar-refractivity contribution in [3.05, 3.63) is 35.8 Å². The topological polar surface area (TPSA) is 61.0 Å². The highest BCUT2D eigenvalue weighted by molar-refractivity contribution is 5.70. The van der Waals surface area contributed by atoms with Crippen molar-refractivity contribution in [2.75, 3.05) is 12.8 Å². The maximum Gasteiger partial charge on any atom is 0.220 e. The van der Waals surface area contributed by atoms with Gasteiger partial charge in [0.05, 0.1) is 12.8 Å². The molecule has 88 valence electrons. The van der Waals surface area contributed by atoms with Crippen molar-refractivity contribution in [2.24, 2.45) is 0 Å². The predicted octanol–water partition coefficient (Wildman–Crippen LogP) is 2.18. The fourth-order valence-electron chi connectivity index (χ4n) is 1.59. The van der Waals surface area contributed by atoms with Gasteiger partial charge in [-0.15, -0.1) is 0 Å². The normalized spacial score (nSPS) is 10.3. The van der Waals surface area contributed by atoms with Gasteiger partial charge in [-0.2, -0.15) is 0 Å². The van der Waals surface area contributed by atoms with Gasteiger partial charge in [-0.1, -0.05) is 0 Å². The van der Waals surface area contributed by atoms with Crippen LogP contribution in [0.2, 0.25) is 0 Å². The maximum absolute atomic E-state index is 13.1. The van der Waals surface area contributed by atoms with Crippen molar-refractivity contribution >= 4 is 5.95 Å². The van der Waals surface area contributed by atoms with Crippen LogP contribution in [-0.4, -0.2) is 17.1 Å². The molecule has 1 aromatic carbocycles. The summed E-state index contributed by atoms with van der Waals surface area (Å²) in [6.45, 7) is 1.86. The first-order chi connectivity index (χ1) is 8.11. The fourth-order valence-corrected chi connectivity index (χ4v) is 1.59. The molecule has 0 aliphatic rings. The molecule has 0 radical (unpaired) electrons. The third-order valence-electron chi connectivity index (χ3n) is 2.41. The molecule has 0 bridgehead atoms. The van der Waals surface area contributed by atoms with Crippen molar-refractivity contribution in [3.63, 3.8) is 0 Å². The average Bonchev–Trinajstić information content (AvgIpc) is 2.32. The molecule has 2 rings (SSSR count). The molecule has 0 amide bonds. The molecule has 0 saturated heterocycles. The van der Waals surface area contributed by atoms with Crippen LogP contribution in [0.25, 0.3) is 11.3 Å². The van der Waals surface area contributed by atoms with E-state index in [-0.39, 0.29) is 11.8 Å². The van der Waals surface area contributed by atoms with E-state index >= 15 is 0 Å². The second kappa shape index (κ2) is 4.37. The molecule has 4 nitrogen and oxygen atoms in total. The molecule has 2 N–H and O–H groups in total. The smallest absolute Gasteiger partial charge is 0.220 e. The summed E-state index contributed by atoms with van der Waals surface area (Å²) in [5.41, 5.74) is 7.74. The second-order valence-corrected chi connectivity index (χ2v) is 3.60. The summed E-state index contributed by atoms with van der Waals surface area (Å²) in [5.74, 6) is 0.244. The van der Waals surface area contributed by atoms with Gasteiger partial charge in [-0.25, -0.2) is 14.4 Å². The van der Waals surface area contributed by atoms with Crippen LogP contribution in [0.15, 0.2) is 24.4 Å². The molecule has 1 heterocycles. The Morgan fingerprint density at radius 3 is 2.82 bits per heavy atom. The Morgan fingerprint density at radius 1 is 1.35 bits per heavy atom. The largest absolute Gasteiger partial charge is 0.496 e. The zero-order chi connectivity index (χ0) is 12.4. The lowest BCUT2D eigenvalue weighted by Crippen LogP contribution is -1.99. The van der Waals surface area contributed by atoms with Gasteiger partial charge in [-0.3, -0.25) is 0 Å². The van der Waals surface area contributed by atoms with E-state index in [9.17, 15) is 4.39 Å². The van der Waals surface area contributed by atoms with Gasteiger partial charge >= 0.3 is 0 Å². The molecular weight excluding hydrogens is 221 g/mol. The number of methoxy groups -OCH3 is 1. The van der Waals surface area contributed by atoms with Crippen LogP contribution < -0.4 is 10.5 Å². The molecule has 1 aromatic heterocycles. The van der Waals surface area contributed by atoms with Crippen molar-refractivity contribution in [2.45, 2.75) is 6.92 Å². The molecule has 0 saturated carbocycles. The maximum atomic E-state index is 13.1. The van der Waals surface area contributed by atoms with E-state index in [1.165, 1.54) is 19.2 Å². The van der Waals surface area contributed by atoms with Crippen LogP contribution in [0.4, 0.5) is 10.3 Å². The standard InChI is InChI=1S/C12H12FN3O/c1-7-6-15-12(14)16-11(7)9-4-3-8(13)5-10(9)17-2/h3-6H,1-2H3,(H2,14,15,16). The summed E-state index contributed by atoms with van der Waals surface area (Å²) in [6.07, 6.45) is 1.63. The summed E-state index contributed by atoms with van der Waals surface area (Å²) in [7, 11) is 1.48. The van der Waals surface area contributed by atoms with Gasteiger partial charge in [0.2, 0.25) is 5.95 Å². The Labute approximate surface area is 98.3 Å². The third kappa shape index (κ3) is 2.18. The first-order valence-corrected chi connectivity index (χ1v) is 5.05. The van der Waals surface area contributed by atoms with Gasteiger partial charge in [0.1, 0.15) is 11.6 Å². The van der Waals surface area contributed by atoms with E-state index in [1.54, 1.807) is 12.3 Å². The van der Waals surface area contributed by atoms with Crippen molar-refractivity contribution in [1.29, 1.82) is 0 Å². The van der Waals surface area contributed by atoms with E-state index in [2.05, 4.69) is 9.97 Å². The first-order valence-electron chi connectivity index (χ1n) is 5.05. The number of aryl methyl sites for hydroxylation is 1. The van der Waals surface area contributed by atoms with Gasteiger partial charge < -0.3 is 10.5 Å². The van der Waals surface area contributed by atoms with Crippen molar-refractivity contribution in [3.8, 4) is 17.0 Å². The lowest BCUT2D eigenvalue weighted by molar-refractivity contribution is 0.413. The van der Waals surface area contributed by atoms with Gasteiger partial charge in [0.15, 0.2) is 0 Å². The monoisotopic (exact) mass is 233 g/mol. The van der Waals surface area contributed by atoms with Crippen LogP contribution in [0.3, 0.4) is 0 Å². The number of ether oxygens (including phenoxy) is 1. The Morgan fingerprint density at radius 2 is 2.12 bits per heavy atom. The van der Waals surface area contributed by atoms with Crippen LogP contribution in [0.5, 0.6) is 5.75 Å². The van der Waals surface area contributed by atoms with E-state index in [1.807, 2.05) is 6.92 Å². The molecule has 0 atom stereocenters. The lowest BCUT2D eigenvalue weighted by atomic mass is 10.1. The summed E-state index contributed by atoms with van der Waals surface area (Å²) < 4.78 is 18.2. The number of benzene rings is 1. The Hall–Kier alpha value is -2.17. The number of hydrogen-bond donors (Lipinski definition) is 1. The highest BCUT2D eigenvalue weighted by Gasteiger charge is 2.11. The van der Waals surface area contributed by atoms with Crippen LogP contribution in [-0.2, 0) is 0 Å². The molecule has 0 aliphatic heterocycles. The fraction of sp³-hybridized carbons (Fsp3) is 0.167. The number of anilines is 1. The molecule has 2 aromatic rings. The van der Waals surface area contributed by atoms with E-state index in [0.29, 0.717) is 17.0 Å². The van der Waals surface area contributed by atoms with E-state index in [0.717, 1.165) is 5.56 Å². The summed E-state index contributed by atoms with van der Waals surface area (Å²) in [6, 6.07) is 4.28. The number of nitrogens with zero attached hydrogens (tertiary/aromatic N) is 2. The quantitative estimate of drug-likeness (QED) is 0.863. The molecule has 0 aliphatic carbocycles. The zero-order valence-electron chi connectivity index (χ0n) is 9.57. The number of nitrogens with two attached hydrogens (primary N) is 1. The summed E-state index contributed by atoms with van der Waals surface area (Å²) in [4.78, 5) is 8.04.